The van der Waals surface area contributed by atoms with Crippen molar-refractivity contribution in [2.24, 2.45) is 0 Å². The van der Waals surface area contributed by atoms with Crippen LogP contribution in [0.15, 0.2) is 83.9 Å². The first-order valence-electron chi connectivity index (χ1n) is 11.5. The number of carbonyl (C=O) groups is 2. The molecular weight excluding hydrogens is 495 g/mol. The van der Waals surface area contributed by atoms with Crippen molar-refractivity contribution < 1.29 is 14.0 Å². The van der Waals surface area contributed by atoms with Crippen LogP contribution in [0.2, 0.25) is 5.02 Å². The molecule has 1 atom stereocenters. The van der Waals surface area contributed by atoms with Crippen LogP contribution in [0.1, 0.15) is 28.4 Å². The smallest absolute Gasteiger partial charge is 0.275 e. The Morgan fingerprint density at radius 1 is 1.03 bits per heavy atom. The Balaban J connectivity index is 1.75. The summed E-state index contributed by atoms with van der Waals surface area (Å²) in [6, 6.07) is 16.7. The van der Waals surface area contributed by atoms with E-state index < -0.39 is 17.4 Å². The normalized spacial score (nSPS) is 11.7. The number of halogens is 2. The van der Waals surface area contributed by atoms with Gasteiger partial charge < -0.3 is 15.2 Å². The lowest BCUT2D eigenvalue weighted by atomic mass is 10.0. The number of benzene rings is 2. The van der Waals surface area contributed by atoms with Gasteiger partial charge in [0.15, 0.2) is 5.78 Å². The van der Waals surface area contributed by atoms with Gasteiger partial charge in [-0.15, -0.1) is 0 Å². The van der Waals surface area contributed by atoms with Gasteiger partial charge in [0.1, 0.15) is 11.5 Å². The number of rotatable bonds is 8. The van der Waals surface area contributed by atoms with Crippen LogP contribution >= 0.6 is 11.6 Å². The molecule has 0 radical (unpaired) electrons. The van der Waals surface area contributed by atoms with Crippen LogP contribution < -0.4 is 16.2 Å². The van der Waals surface area contributed by atoms with Crippen molar-refractivity contribution in [1.82, 2.24) is 14.9 Å². The lowest BCUT2D eigenvalue weighted by Crippen LogP contribution is -2.37. The van der Waals surface area contributed by atoms with E-state index in [1.165, 1.54) is 35.0 Å². The zero-order valence-corrected chi connectivity index (χ0v) is 20.9. The number of nitrogens with one attached hydrogen (secondary N) is 2. The maximum Gasteiger partial charge on any atom is 0.275 e. The van der Waals surface area contributed by atoms with Gasteiger partial charge in [0.25, 0.3) is 5.56 Å². The lowest BCUT2D eigenvalue weighted by molar-refractivity contribution is -0.117. The Labute approximate surface area is 217 Å². The second kappa shape index (κ2) is 11.3. The largest absolute Gasteiger partial charge is 0.320 e. The third-order valence-electron chi connectivity index (χ3n) is 5.88. The number of aromatic nitrogens is 2. The number of hydrogen-bond acceptors (Lipinski definition) is 5. The van der Waals surface area contributed by atoms with E-state index in [9.17, 15) is 18.8 Å². The summed E-state index contributed by atoms with van der Waals surface area (Å²) in [5.74, 6) is -1.11. The first-order valence-corrected chi connectivity index (χ1v) is 11.9. The summed E-state index contributed by atoms with van der Waals surface area (Å²) in [4.78, 5) is 43.1. The molecule has 2 N–H and O–H groups in total. The van der Waals surface area contributed by atoms with E-state index in [2.05, 4.69) is 15.6 Å². The predicted octanol–water partition coefficient (Wildman–Crippen LogP) is 4.53. The molecule has 0 aliphatic rings. The van der Waals surface area contributed by atoms with E-state index in [0.717, 1.165) is 0 Å². The number of amides is 1. The van der Waals surface area contributed by atoms with E-state index in [1.54, 1.807) is 56.6 Å². The zero-order chi connectivity index (χ0) is 26.5. The molecule has 1 amide bonds. The van der Waals surface area contributed by atoms with Gasteiger partial charge in [-0.05, 0) is 79.7 Å². The standard InChI is InChI=1S/C28H24ClFN4O3/c1-17(31-2)27(36)33-24-10-11-25(20-4-3-5-22(29)13-20)34(28(24)37)16-18-12-21(15-32-14-18)26(35)19-6-8-23(30)9-7-19/h3-15,17,31H,16H2,1-2H3,(H,33,36)/t17-/m0/s1. The third-order valence-corrected chi connectivity index (χ3v) is 6.12. The second-order valence-electron chi connectivity index (χ2n) is 8.45. The van der Waals surface area contributed by atoms with E-state index >= 15 is 0 Å². The fourth-order valence-electron chi connectivity index (χ4n) is 3.75. The molecule has 0 saturated carbocycles. The highest BCUT2D eigenvalue weighted by atomic mass is 35.5. The number of carbonyl (C=O) groups excluding carboxylic acids is 2. The first kappa shape index (κ1) is 25.9. The highest BCUT2D eigenvalue weighted by Gasteiger charge is 2.17. The van der Waals surface area contributed by atoms with Crippen LogP contribution in [0.25, 0.3) is 11.3 Å². The minimum absolute atomic E-state index is 0.0729. The molecule has 0 bridgehead atoms. The molecule has 0 saturated heterocycles. The summed E-state index contributed by atoms with van der Waals surface area (Å²) < 4.78 is 14.8. The molecule has 2 aromatic heterocycles. The molecule has 4 rings (SSSR count). The maximum atomic E-state index is 13.5. The summed E-state index contributed by atoms with van der Waals surface area (Å²) in [7, 11) is 1.65. The van der Waals surface area contributed by atoms with Crippen molar-refractivity contribution in [1.29, 1.82) is 0 Å². The van der Waals surface area contributed by atoms with E-state index in [1.807, 2.05) is 6.07 Å². The Kier molecular flexibility index (Phi) is 7.91. The monoisotopic (exact) mass is 518 g/mol. The quantitative estimate of drug-likeness (QED) is 0.334. The van der Waals surface area contributed by atoms with Crippen molar-refractivity contribution in [3.05, 3.63) is 117 Å². The Morgan fingerprint density at radius 3 is 2.49 bits per heavy atom. The highest BCUT2D eigenvalue weighted by molar-refractivity contribution is 6.30. The molecule has 188 valence electrons. The first-order chi connectivity index (χ1) is 17.8. The van der Waals surface area contributed by atoms with Crippen LogP contribution in [0.5, 0.6) is 0 Å². The summed E-state index contributed by atoms with van der Waals surface area (Å²) in [6.45, 7) is 1.76. The second-order valence-corrected chi connectivity index (χ2v) is 8.89. The average Bonchev–Trinajstić information content (AvgIpc) is 2.90. The summed E-state index contributed by atoms with van der Waals surface area (Å²) in [6.07, 6.45) is 2.98. The summed E-state index contributed by atoms with van der Waals surface area (Å²) >= 11 is 6.20. The fourth-order valence-corrected chi connectivity index (χ4v) is 3.94. The van der Waals surface area contributed by atoms with Crippen LogP contribution in [0.4, 0.5) is 10.1 Å². The molecule has 2 aromatic carbocycles. The number of likely N-dealkylation sites (N-methyl/N-ethyl adjacent to an activating group) is 1. The van der Waals surface area contributed by atoms with E-state index in [0.29, 0.717) is 33.0 Å². The molecule has 0 unspecified atom stereocenters. The predicted molar refractivity (Wildman–Crippen MR) is 141 cm³/mol. The maximum absolute atomic E-state index is 13.5. The van der Waals surface area contributed by atoms with Gasteiger partial charge in [-0.3, -0.25) is 19.4 Å². The van der Waals surface area contributed by atoms with Crippen molar-refractivity contribution in [3.63, 3.8) is 0 Å². The van der Waals surface area contributed by atoms with Crippen molar-refractivity contribution in [2.75, 3.05) is 12.4 Å². The Bertz CT molecular complexity index is 1520. The molecule has 4 aromatic rings. The number of ketones is 1. The molecule has 0 aliphatic heterocycles. The van der Waals surface area contributed by atoms with Crippen molar-refractivity contribution >= 4 is 29.0 Å². The number of nitrogens with zero attached hydrogens (tertiary/aromatic N) is 2. The third kappa shape index (κ3) is 5.99. The van der Waals surface area contributed by atoms with Crippen LogP contribution in [0.3, 0.4) is 0 Å². The van der Waals surface area contributed by atoms with Crippen LogP contribution in [-0.2, 0) is 11.3 Å². The van der Waals surface area contributed by atoms with Crippen LogP contribution in [-0.4, -0.2) is 34.3 Å². The number of anilines is 1. The molecule has 0 aliphatic carbocycles. The van der Waals surface area contributed by atoms with Gasteiger partial charge in [-0.2, -0.15) is 0 Å². The molecule has 0 spiro atoms. The lowest BCUT2D eigenvalue weighted by Gasteiger charge is -2.17. The minimum atomic E-state index is -0.501. The van der Waals surface area contributed by atoms with Crippen molar-refractivity contribution in [2.45, 2.75) is 19.5 Å². The van der Waals surface area contributed by atoms with Gasteiger partial charge in [-0.25, -0.2) is 4.39 Å². The Hall–Kier alpha value is -4.14. The van der Waals surface area contributed by atoms with Crippen LogP contribution in [0, 0.1) is 5.82 Å². The zero-order valence-electron chi connectivity index (χ0n) is 20.2. The van der Waals surface area contributed by atoms with Gasteiger partial charge in [0, 0.05) is 28.5 Å². The highest BCUT2D eigenvalue weighted by Crippen LogP contribution is 2.24. The minimum Gasteiger partial charge on any atom is -0.320 e. The summed E-state index contributed by atoms with van der Waals surface area (Å²) in [5, 5.41) is 6.02. The molecule has 7 nitrogen and oxygen atoms in total. The number of pyridine rings is 2. The SMILES string of the molecule is CN[C@@H](C)C(=O)Nc1ccc(-c2cccc(Cl)c2)n(Cc2cncc(C(=O)c3ccc(F)cc3)c2)c1=O. The molecular formula is C28H24ClFN4O3. The summed E-state index contributed by atoms with van der Waals surface area (Å²) in [5.41, 5.74) is 2.17. The average molecular weight is 519 g/mol. The fraction of sp³-hybridized carbons (Fsp3) is 0.143. The number of hydrogen-bond donors (Lipinski definition) is 2. The molecule has 37 heavy (non-hydrogen) atoms. The topological polar surface area (TPSA) is 93.1 Å². The molecule has 9 heteroatoms. The van der Waals surface area contributed by atoms with E-state index in [-0.39, 0.29) is 23.9 Å². The van der Waals surface area contributed by atoms with Gasteiger partial charge in [0.2, 0.25) is 5.91 Å². The molecule has 0 fully saturated rings. The van der Waals surface area contributed by atoms with Gasteiger partial charge in [0.05, 0.1) is 18.3 Å². The van der Waals surface area contributed by atoms with Gasteiger partial charge >= 0.3 is 0 Å². The Morgan fingerprint density at radius 2 is 1.78 bits per heavy atom. The molecule has 2 heterocycles. The van der Waals surface area contributed by atoms with Crippen molar-refractivity contribution in [3.8, 4) is 11.3 Å². The van der Waals surface area contributed by atoms with E-state index in [4.69, 9.17) is 11.6 Å². The van der Waals surface area contributed by atoms with Gasteiger partial charge in [-0.1, -0.05) is 23.7 Å².